The van der Waals surface area contributed by atoms with Crippen LogP contribution in [-0.2, 0) is 0 Å². The number of piperidine rings is 1. The van der Waals surface area contributed by atoms with Crippen LogP contribution in [0.2, 0.25) is 0 Å². The molecule has 2 aromatic heterocycles. The molecule has 0 unspecified atom stereocenters. The molecule has 0 saturated carbocycles. The number of likely N-dealkylation sites (tertiary alicyclic amines) is 1. The maximum Gasteiger partial charge on any atom is 0.275 e. The van der Waals surface area contributed by atoms with Gasteiger partial charge in [-0.05, 0) is 68.2 Å². The maximum atomic E-state index is 13.1. The summed E-state index contributed by atoms with van der Waals surface area (Å²) in [5.74, 6) is 0.258. The first-order chi connectivity index (χ1) is 17.7. The molecule has 3 heterocycles. The molecule has 1 N–H and O–H groups in total. The van der Waals surface area contributed by atoms with E-state index in [9.17, 15) is 4.79 Å². The molecule has 5 rings (SSSR count). The third kappa shape index (κ3) is 5.96. The van der Waals surface area contributed by atoms with E-state index in [0.717, 1.165) is 59.9 Å². The van der Waals surface area contributed by atoms with Gasteiger partial charge in [0.05, 0.1) is 5.01 Å². The number of anilines is 1. The number of hydrogen-bond donors (Lipinski definition) is 1. The second kappa shape index (κ2) is 11.4. The second-order valence-corrected chi connectivity index (χ2v) is 10.1. The molecule has 36 heavy (non-hydrogen) atoms. The number of carbonyl (C=O) groups excluding carboxylic acids is 1. The van der Waals surface area contributed by atoms with Crippen LogP contribution in [0.5, 0.6) is 0 Å². The first kappa shape index (κ1) is 24.1. The van der Waals surface area contributed by atoms with Crippen molar-refractivity contribution in [2.24, 2.45) is 0 Å². The van der Waals surface area contributed by atoms with Crippen molar-refractivity contribution in [3.8, 4) is 11.1 Å². The van der Waals surface area contributed by atoms with Gasteiger partial charge < -0.3 is 5.32 Å². The van der Waals surface area contributed by atoms with Gasteiger partial charge in [0.2, 0.25) is 0 Å². The van der Waals surface area contributed by atoms with Crippen molar-refractivity contribution in [2.75, 3.05) is 25.0 Å². The van der Waals surface area contributed by atoms with Crippen LogP contribution in [0, 0.1) is 6.92 Å². The predicted octanol–water partition coefficient (Wildman–Crippen LogP) is 6.66. The van der Waals surface area contributed by atoms with E-state index in [2.05, 4.69) is 52.5 Å². The number of benzene rings is 2. The molecule has 0 radical (unpaired) electrons. The van der Waals surface area contributed by atoms with E-state index in [1.807, 2.05) is 60.2 Å². The van der Waals surface area contributed by atoms with E-state index in [1.165, 1.54) is 5.56 Å². The smallest absolute Gasteiger partial charge is 0.275 e. The Morgan fingerprint density at radius 3 is 2.64 bits per heavy atom. The van der Waals surface area contributed by atoms with Crippen molar-refractivity contribution >= 4 is 29.0 Å². The van der Waals surface area contributed by atoms with Crippen molar-refractivity contribution in [2.45, 2.75) is 25.7 Å². The number of nitrogens with one attached hydrogen (secondary N) is 1. The Kier molecular flexibility index (Phi) is 7.64. The van der Waals surface area contributed by atoms with Crippen molar-refractivity contribution in [3.05, 3.63) is 106 Å². The normalized spacial score (nSPS) is 14.8. The molecule has 1 aliphatic rings. The van der Waals surface area contributed by atoms with Crippen LogP contribution in [0.3, 0.4) is 0 Å². The van der Waals surface area contributed by atoms with Gasteiger partial charge in [-0.1, -0.05) is 54.1 Å². The van der Waals surface area contributed by atoms with E-state index in [4.69, 9.17) is 4.98 Å². The second-order valence-electron chi connectivity index (χ2n) is 9.20. The highest BCUT2D eigenvalue weighted by molar-refractivity contribution is 7.10. The quantitative estimate of drug-likeness (QED) is 0.312. The van der Waals surface area contributed by atoms with Gasteiger partial charge in [-0.25, -0.2) is 4.98 Å². The largest absolute Gasteiger partial charge is 0.320 e. The molecule has 4 aromatic rings. The average molecular weight is 495 g/mol. The van der Waals surface area contributed by atoms with Crippen LogP contribution < -0.4 is 5.32 Å². The van der Waals surface area contributed by atoms with Gasteiger partial charge in [0.15, 0.2) is 0 Å². The Morgan fingerprint density at radius 1 is 1.08 bits per heavy atom. The van der Waals surface area contributed by atoms with Gasteiger partial charge in [0, 0.05) is 41.5 Å². The third-order valence-corrected chi connectivity index (χ3v) is 7.59. The van der Waals surface area contributed by atoms with Gasteiger partial charge in [-0.3, -0.25) is 14.7 Å². The Labute approximate surface area is 216 Å². The Hall–Kier alpha value is -3.61. The average Bonchev–Trinajstić information content (AvgIpc) is 3.42. The molecule has 1 saturated heterocycles. The number of hydrogen-bond acceptors (Lipinski definition) is 5. The Balaban J connectivity index is 1.18. The van der Waals surface area contributed by atoms with Crippen molar-refractivity contribution in [3.63, 3.8) is 0 Å². The fourth-order valence-electron chi connectivity index (χ4n) is 4.56. The minimum atomic E-state index is -0.155. The zero-order valence-electron chi connectivity index (χ0n) is 20.4. The van der Waals surface area contributed by atoms with E-state index in [0.29, 0.717) is 11.6 Å². The lowest BCUT2D eigenvalue weighted by Crippen LogP contribution is -2.33. The molecular formula is C30H30N4OS. The number of pyridine rings is 1. The van der Waals surface area contributed by atoms with Gasteiger partial charge in [-0.15, -0.1) is 11.3 Å². The maximum absolute atomic E-state index is 13.1. The van der Waals surface area contributed by atoms with E-state index in [-0.39, 0.29) is 5.91 Å². The topological polar surface area (TPSA) is 58.1 Å². The van der Waals surface area contributed by atoms with Crippen LogP contribution in [0.15, 0.2) is 84.5 Å². The fraction of sp³-hybridized carbons (Fsp3) is 0.233. The molecule has 1 fully saturated rings. The van der Waals surface area contributed by atoms with Crippen molar-refractivity contribution in [1.29, 1.82) is 0 Å². The number of aromatic nitrogens is 2. The minimum Gasteiger partial charge on any atom is -0.320 e. The van der Waals surface area contributed by atoms with Crippen LogP contribution in [0.1, 0.15) is 45.4 Å². The number of carbonyl (C=O) groups is 1. The molecule has 5 nitrogen and oxygen atoms in total. The highest BCUT2D eigenvalue weighted by Gasteiger charge is 2.24. The molecule has 6 heteroatoms. The minimum absolute atomic E-state index is 0.155. The summed E-state index contributed by atoms with van der Waals surface area (Å²) in [6.45, 7) is 5.08. The predicted molar refractivity (Wildman–Crippen MR) is 148 cm³/mol. The first-order valence-corrected chi connectivity index (χ1v) is 13.3. The van der Waals surface area contributed by atoms with Crippen molar-refractivity contribution < 1.29 is 4.79 Å². The highest BCUT2D eigenvalue weighted by Crippen LogP contribution is 2.32. The highest BCUT2D eigenvalue weighted by atomic mass is 32.1. The molecule has 1 aliphatic heterocycles. The molecular weight excluding hydrogens is 464 g/mol. The van der Waals surface area contributed by atoms with E-state index >= 15 is 0 Å². The van der Waals surface area contributed by atoms with Gasteiger partial charge in [0.1, 0.15) is 5.69 Å². The number of aryl methyl sites for hydroxylation is 1. The summed E-state index contributed by atoms with van der Waals surface area (Å²) in [7, 11) is 0. The van der Waals surface area contributed by atoms with Crippen LogP contribution in [0.4, 0.5) is 5.69 Å². The van der Waals surface area contributed by atoms with Crippen LogP contribution in [0.25, 0.3) is 17.2 Å². The molecule has 0 spiro atoms. The molecule has 182 valence electrons. The zero-order valence-corrected chi connectivity index (χ0v) is 21.2. The molecule has 0 bridgehead atoms. The lowest BCUT2D eigenvalue weighted by atomic mass is 9.97. The molecule has 2 aromatic carbocycles. The number of nitrogens with zero attached hydrogens (tertiary/aromatic N) is 3. The summed E-state index contributed by atoms with van der Waals surface area (Å²) in [6, 6.07) is 20.3. The summed E-state index contributed by atoms with van der Waals surface area (Å²) in [5.41, 5.74) is 5.73. The summed E-state index contributed by atoms with van der Waals surface area (Å²) in [5, 5.41) is 6.06. The van der Waals surface area contributed by atoms with Gasteiger partial charge in [-0.2, -0.15) is 0 Å². The van der Waals surface area contributed by atoms with E-state index < -0.39 is 0 Å². The summed E-state index contributed by atoms with van der Waals surface area (Å²) >= 11 is 1.60. The van der Waals surface area contributed by atoms with Gasteiger partial charge >= 0.3 is 0 Å². The molecule has 0 aliphatic carbocycles. The molecule has 0 atom stereocenters. The number of rotatable bonds is 7. The lowest BCUT2D eigenvalue weighted by molar-refractivity contribution is 0.102. The van der Waals surface area contributed by atoms with Crippen molar-refractivity contribution in [1.82, 2.24) is 14.9 Å². The lowest BCUT2D eigenvalue weighted by Gasteiger charge is -2.30. The SMILES string of the molecule is Cc1ccc(NC(=O)c2csc(C3CCN(C/C=C\c4ccncc4)CC3)n2)c(-c2ccccc2)c1. The monoisotopic (exact) mass is 494 g/mol. The summed E-state index contributed by atoms with van der Waals surface area (Å²) < 4.78 is 0. The van der Waals surface area contributed by atoms with Crippen LogP contribution >= 0.6 is 11.3 Å². The van der Waals surface area contributed by atoms with Gasteiger partial charge in [0.25, 0.3) is 5.91 Å². The van der Waals surface area contributed by atoms with E-state index in [1.54, 1.807) is 11.3 Å². The first-order valence-electron chi connectivity index (χ1n) is 12.4. The molecule has 1 amide bonds. The summed E-state index contributed by atoms with van der Waals surface area (Å²) in [4.78, 5) is 24.4. The standard InChI is InChI=1S/C30H30N4OS/c1-22-9-10-27(26(20-22)24-7-3-2-4-8-24)32-29(35)28-21-36-30(33-28)25-13-18-34(19-14-25)17-5-6-23-11-15-31-16-12-23/h2-12,15-16,20-21,25H,13-14,17-19H2,1H3,(H,32,35)/b6-5-. The zero-order chi connectivity index (χ0) is 24.7. The number of thiazole rings is 1. The third-order valence-electron chi connectivity index (χ3n) is 6.58. The number of amides is 1. The Bertz CT molecular complexity index is 1330. The Morgan fingerprint density at radius 2 is 1.86 bits per heavy atom. The fourth-order valence-corrected chi connectivity index (χ4v) is 5.54. The summed E-state index contributed by atoms with van der Waals surface area (Å²) in [6.07, 6.45) is 10.1. The van der Waals surface area contributed by atoms with Crippen LogP contribution in [-0.4, -0.2) is 40.4 Å².